The van der Waals surface area contributed by atoms with Gasteiger partial charge in [-0.2, -0.15) is 5.10 Å². The standard InChI is InChI=1S/C14H10ClN3O2/c1-8-11(15)7-18(17-8)13-9-4-2-3-5-12(9)16-6-10(13)14(19)20/h2-7H,1H3,(H,19,20). The van der Waals surface area contributed by atoms with Crippen molar-refractivity contribution >= 4 is 28.5 Å². The van der Waals surface area contributed by atoms with Crippen molar-refractivity contribution < 1.29 is 9.90 Å². The summed E-state index contributed by atoms with van der Waals surface area (Å²) < 4.78 is 1.49. The normalized spacial score (nSPS) is 10.9. The van der Waals surface area contributed by atoms with E-state index in [1.807, 2.05) is 24.3 Å². The molecule has 0 unspecified atom stereocenters. The van der Waals surface area contributed by atoms with Crippen LogP contribution in [0.2, 0.25) is 5.02 Å². The molecule has 100 valence electrons. The number of rotatable bonds is 2. The molecule has 3 aromatic rings. The van der Waals surface area contributed by atoms with Crippen molar-refractivity contribution in [2.24, 2.45) is 0 Å². The SMILES string of the molecule is Cc1nn(-c2c(C(=O)O)cnc3ccccc23)cc1Cl. The van der Waals surface area contributed by atoms with Crippen LogP contribution in [0.15, 0.2) is 36.7 Å². The second-order valence-electron chi connectivity index (χ2n) is 4.35. The van der Waals surface area contributed by atoms with Crippen molar-refractivity contribution in [3.8, 4) is 5.69 Å². The molecule has 6 heteroatoms. The molecule has 0 aliphatic heterocycles. The average molecular weight is 288 g/mol. The molecule has 20 heavy (non-hydrogen) atoms. The Labute approximate surface area is 119 Å². The van der Waals surface area contributed by atoms with Gasteiger partial charge in [0.15, 0.2) is 0 Å². The summed E-state index contributed by atoms with van der Waals surface area (Å²) in [4.78, 5) is 15.6. The van der Waals surface area contributed by atoms with Gasteiger partial charge in [0.2, 0.25) is 0 Å². The Morgan fingerprint density at radius 3 is 2.75 bits per heavy atom. The summed E-state index contributed by atoms with van der Waals surface area (Å²) in [6, 6.07) is 7.31. The van der Waals surface area contributed by atoms with Gasteiger partial charge in [0.25, 0.3) is 0 Å². The molecule has 0 fully saturated rings. The lowest BCUT2D eigenvalue weighted by Crippen LogP contribution is -2.08. The second-order valence-corrected chi connectivity index (χ2v) is 4.76. The zero-order valence-electron chi connectivity index (χ0n) is 10.5. The summed E-state index contributed by atoms with van der Waals surface area (Å²) in [7, 11) is 0. The van der Waals surface area contributed by atoms with E-state index in [1.165, 1.54) is 10.9 Å². The summed E-state index contributed by atoms with van der Waals surface area (Å²) >= 11 is 6.02. The van der Waals surface area contributed by atoms with Crippen LogP contribution in [-0.4, -0.2) is 25.8 Å². The van der Waals surface area contributed by atoms with E-state index >= 15 is 0 Å². The molecule has 0 amide bonds. The molecule has 1 aromatic carbocycles. The molecule has 0 spiro atoms. The van der Waals surface area contributed by atoms with E-state index in [2.05, 4.69) is 10.1 Å². The molecule has 2 aromatic heterocycles. The van der Waals surface area contributed by atoms with Gasteiger partial charge in [-0.3, -0.25) is 4.98 Å². The first kappa shape index (κ1) is 12.6. The van der Waals surface area contributed by atoms with E-state index in [-0.39, 0.29) is 5.56 Å². The van der Waals surface area contributed by atoms with Crippen LogP contribution in [0.4, 0.5) is 0 Å². The summed E-state index contributed by atoms with van der Waals surface area (Å²) in [6.07, 6.45) is 2.94. The van der Waals surface area contributed by atoms with E-state index in [4.69, 9.17) is 11.6 Å². The number of carboxylic acid groups (broad SMARTS) is 1. The minimum Gasteiger partial charge on any atom is -0.478 e. The van der Waals surface area contributed by atoms with Gasteiger partial charge in [-0.15, -0.1) is 0 Å². The zero-order chi connectivity index (χ0) is 14.3. The Hall–Kier alpha value is -2.40. The number of benzene rings is 1. The topological polar surface area (TPSA) is 68.0 Å². The lowest BCUT2D eigenvalue weighted by atomic mass is 10.1. The fourth-order valence-electron chi connectivity index (χ4n) is 2.08. The number of aromatic carboxylic acids is 1. The van der Waals surface area contributed by atoms with E-state index in [1.54, 1.807) is 13.1 Å². The summed E-state index contributed by atoms with van der Waals surface area (Å²) in [5.74, 6) is -1.05. The van der Waals surface area contributed by atoms with Gasteiger partial charge in [0.1, 0.15) is 5.56 Å². The molecule has 0 atom stereocenters. The number of carbonyl (C=O) groups is 1. The monoisotopic (exact) mass is 287 g/mol. The predicted molar refractivity (Wildman–Crippen MR) is 75.6 cm³/mol. The highest BCUT2D eigenvalue weighted by Crippen LogP contribution is 2.26. The number of hydrogen-bond donors (Lipinski definition) is 1. The molecule has 0 aliphatic rings. The van der Waals surface area contributed by atoms with Crippen LogP contribution in [-0.2, 0) is 0 Å². The summed E-state index contributed by atoms with van der Waals surface area (Å²) in [5, 5.41) is 14.8. The number of fused-ring (bicyclic) bond motifs is 1. The third-order valence-electron chi connectivity index (χ3n) is 3.05. The molecular formula is C14H10ClN3O2. The van der Waals surface area contributed by atoms with Crippen LogP contribution >= 0.6 is 11.6 Å². The van der Waals surface area contributed by atoms with Crippen molar-refractivity contribution in [1.82, 2.24) is 14.8 Å². The summed E-state index contributed by atoms with van der Waals surface area (Å²) in [5.41, 5.74) is 1.90. The molecule has 3 rings (SSSR count). The minimum atomic E-state index is -1.05. The fourth-order valence-corrected chi connectivity index (χ4v) is 2.21. The maximum absolute atomic E-state index is 11.4. The average Bonchev–Trinajstić information content (AvgIpc) is 2.77. The molecule has 0 bridgehead atoms. The number of nitrogens with zero attached hydrogens (tertiary/aromatic N) is 3. The van der Waals surface area contributed by atoms with E-state index in [9.17, 15) is 9.90 Å². The van der Waals surface area contributed by atoms with Gasteiger partial charge in [-0.1, -0.05) is 29.8 Å². The van der Waals surface area contributed by atoms with Crippen LogP contribution in [0, 0.1) is 6.92 Å². The lowest BCUT2D eigenvalue weighted by molar-refractivity contribution is 0.0696. The molecular weight excluding hydrogens is 278 g/mol. The Balaban J connectivity index is 2.41. The molecule has 0 saturated heterocycles. The van der Waals surface area contributed by atoms with Crippen LogP contribution < -0.4 is 0 Å². The van der Waals surface area contributed by atoms with Crippen molar-refractivity contribution in [1.29, 1.82) is 0 Å². The number of halogens is 1. The summed E-state index contributed by atoms with van der Waals surface area (Å²) in [6.45, 7) is 1.77. The second kappa shape index (κ2) is 4.61. The third kappa shape index (κ3) is 1.92. The third-order valence-corrected chi connectivity index (χ3v) is 3.42. The number of hydrogen-bond acceptors (Lipinski definition) is 3. The highest BCUT2D eigenvalue weighted by atomic mass is 35.5. The van der Waals surface area contributed by atoms with Gasteiger partial charge >= 0.3 is 5.97 Å². The smallest absolute Gasteiger partial charge is 0.339 e. The fraction of sp³-hybridized carbons (Fsp3) is 0.0714. The van der Waals surface area contributed by atoms with Crippen molar-refractivity contribution in [3.05, 3.63) is 52.9 Å². The van der Waals surface area contributed by atoms with Gasteiger partial charge in [-0.05, 0) is 13.0 Å². The maximum Gasteiger partial charge on any atom is 0.339 e. The van der Waals surface area contributed by atoms with Crippen LogP contribution in [0.5, 0.6) is 0 Å². The zero-order valence-corrected chi connectivity index (χ0v) is 11.3. The first-order chi connectivity index (χ1) is 9.58. The van der Waals surface area contributed by atoms with Gasteiger partial charge in [0, 0.05) is 17.8 Å². The Morgan fingerprint density at radius 2 is 2.10 bits per heavy atom. The number of para-hydroxylation sites is 1. The van der Waals surface area contributed by atoms with Crippen molar-refractivity contribution in [2.75, 3.05) is 0 Å². The number of carboxylic acids is 1. The van der Waals surface area contributed by atoms with E-state index in [0.29, 0.717) is 27.3 Å². The largest absolute Gasteiger partial charge is 0.478 e. The number of pyridine rings is 1. The van der Waals surface area contributed by atoms with Crippen molar-refractivity contribution in [3.63, 3.8) is 0 Å². The molecule has 0 radical (unpaired) electrons. The number of aryl methyl sites for hydroxylation is 1. The first-order valence-electron chi connectivity index (χ1n) is 5.91. The minimum absolute atomic E-state index is 0.0860. The number of aromatic nitrogens is 3. The van der Waals surface area contributed by atoms with Gasteiger partial charge < -0.3 is 5.11 Å². The molecule has 1 N–H and O–H groups in total. The molecule has 5 nitrogen and oxygen atoms in total. The highest BCUT2D eigenvalue weighted by molar-refractivity contribution is 6.31. The molecule has 0 aliphatic carbocycles. The quantitative estimate of drug-likeness (QED) is 0.786. The van der Waals surface area contributed by atoms with Crippen LogP contribution in [0.25, 0.3) is 16.6 Å². The Morgan fingerprint density at radius 1 is 1.35 bits per heavy atom. The lowest BCUT2D eigenvalue weighted by Gasteiger charge is -2.09. The molecule has 2 heterocycles. The van der Waals surface area contributed by atoms with Crippen LogP contribution in [0.3, 0.4) is 0 Å². The van der Waals surface area contributed by atoms with E-state index < -0.39 is 5.97 Å². The van der Waals surface area contributed by atoms with E-state index in [0.717, 1.165) is 0 Å². The Kier molecular flexibility index (Phi) is 2.91. The maximum atomic E-state index is 11.4. The van der Waals surface area contributed by atoms with Crippen molar-refractivity contribution in [2.45, 2.75) is 6.92 Å². The van der Waals surface area contributed by atoms with Gasteiger partial charge in [-0.25, -0.2) is 9.48 Å². The highest BCUT2D eigenvalue weighted by Gasteiger charge is 2.17. The first-order valence-corrected chi connectivity index (χ1v) is 6.29. The Bertz CT molecular complexity index is 807. The van der Waals surface area contributed by atoms with Gasteiger partial charge in [0.05, 0.1) is 21.9 Å². The predicted octanol–water partition coefficient (Wildman–Crippen LogP) is 3.08. The van der Waals surface area contributed by atoms with Crippen LogP contribution in [0.1, 0.15) is 16.1 Å². The molecule has 0 saturated carbocycles.